The Bertz CT molecular complexity index is 1120. The molecule has 6 heteroatoms. The van der Waals surface area contributed by atoms with Gasteiger partial charge in [0.1, 0.15) is 13.2 Å². The number of cyclic esters (lactones) is 2. The maximum Gasteiger partial charge on any atom is 0.309 e. The summed E-state index contributed by atoms with van der Waals surface area (Å²) in [5, 5.41) is 19.2. The quantitative estimate of drug-likeness (QED) is 0.0358. The van der Waals surface area contributed by atoms with Crippen molar-refractivity contribution in [1.82, 2.24) is 0 Å². The third kappa shape index (κ3) is 46.8. The van der Waals surface area contributed by atoms with Crippen LogP contribution < -0.4 is 0 Å². The molecule has 0 aromatic carbocycles. The first-order valence-electron chi connectivity index (χ1n) is 32.3. The normalized spacial score (nSPS) is 15.3. The molecule has 1 rings (SSSR count). The molecule has 1 aliphatic rings. The summed E-state index contributed by atoms with van der Waals surface area (Å²) in [5.74, 6) is -1.40. The smallest absolute Gasteiger partial charge is 0.309 e. The van der Waals surface area contributed by atoms with Crippen molar-refractivity contribution >= 4 is 11.9 Å². The second-order valence-corrected chi connectivity index (χ2v) is 23.1. The molecule has 0 aromatic heterocycles. The third-order valence-corrected chi connectivity index (χ3v) is 16.0. The van der Waals surface area contributed by atoms with Crippen molar-refractivity contribution < 1.29 is 29.3 Å². The minimum absolute atomic E-state index is 0.00513. The van der Waals surface area contributed by atoms with Crippen molar-refractivity contribution in [2.24, 2.45) is 11.3 Å². The van der Waals surface area contributed by atoms with E-state index in [2.05, 4.69) is 19.1 Å². The third-order valence-electron chi connectivity index (χ3n) is 16.0. The average Bonchev–Trinajstić information content (AvgIpc) is 3.44. The lowest BCUT2D eigenvalue weighted by molar-refractivity contribution is -0.155. The van der Waals surface area contributed by atoms with E-state index < -0.39 is 36.5 Å². The second kappa shape index (κ2) is 54.8. The fourth-order valence-corrected chi connectivity index (χ4v) is 10.8. The molecule has 2 N–H and O–H groups in total. The molecule has 0 bridgehead atoms. The average molecular weight is 1000 g/mol. The first-order chi connectivity index (χ1) is 35.1. The van der Waals surface area contributed by atoms with Gasteiger partial charge in [0.25, 0.3) is 0 Å². The molecular weight excluding hydrogens is 877 g/mol. The van der Waals surface area contributed by atoms with Crippen molar-refractivity contribution in [3.8, 4) is 0 Å². The van der Waals surface area contributed by atoms with Gasteiger partial charge in [-0.3, -0.25) is 9.59 Å². The van der Waals surface area contributed by atoms with Crippen molar-refractivity contribution in [3.63, 3.8) is 0 Å². The standard InChI is InChI=1S/C65H124O6/c1-2-3-4-5-6-7-8-9-10-11-12-13-14-15-16-17-18-19-20-21-22-23-24-25-26-27-28-29-30-31-32-33-34-35-36-37-38-39-40-41-42-43-44-45-46-47-48-49-50-51-52-53-54-55-56-62-57-63(68)70-60-65(58-66,59-67)61-71-64(62)69/h11-12,62,66-67H,2-10,13-61H2,1H3/b12-11+. The zero-order chi connectivity index (χ0) is 51.1. The number of carbonyl (C=O) groups is 2. The SMILES string of the molecule is CCCCCCCCCC/C=C/CCCCCCCCCCCCCCCCCCCCCCCCCCCCCCCCCCCCCCCCCCCCC1CC(=O)OCC(CO)(CO)COC1=O. The number of rotatable bonds is 56. The summed E-state index contributed by atoms with van der Waals surface area (Å²) in [6.45, 7) is 1.21. The van der Waals surface area contributed by atoms with Gasteiger partial charge in [-0.05, 0) is 32.1 Å². The van der Waals surface area contributed by atoms with Gasteiger partial charge < -0.3 is 19.7 Å². The summed E-state index contributed by atoms with van der Waals surface area (Å²) in [5.41, 5.74) is -1.12. The zero-order valence-electron chi connectivity index (χ0n) is 47.8. The molecule has 1 aliphatic heterocycles. The van der Waals surface area contributed by atoms with E-state index >= 15 is 0 Å². The Morgan fingerprint density at radius 2 is 0.606 bits per heavy atom. The van der Waals surface area contributed by atoms with Crippen molar-refractivity contribution in [1.29, 1.82) is 0 Å². The van der Waals surface area contributed by atoms with Gasteiger partial charge in [-0.25, -0.2) is 0 Å². The molecule has 0 spiro atoms. The highest BCUT2D eigenvalue weighted by atomic mass is 16.6. The molecule has 0 saturated carbocycles. The predicted octanol–water partition coefficient (Wildman–Crippen LogP) is 20.3. The van der Waals surface area contributed by atoms with Crippen LogP contribution in [0.15, 0.2) is 12.2 Å². The maximum absolute atomic E-state index is 12.5. The highest BCUT2D eigenvalue weighted by molar-refractivity contribution is 5.80. The van der Waals surface area contributed by atoms with Crippen LogP contribution in [0.4, 0.5) is 0 Å². The van der Waals surface area contributed by atoms with Crippen LogP contribution in [-0.2, 0) is 19.1 Å². The van der Waals surface area contributed by atoms with E-state index in [9.17, 15) is 19.8 Å². The summed E-state index contributed by atoms with van der Waals surface area (Å²) in [6, 6.07) is 0. The molecule has 1 saturated heterocycles. The van der Waals surface area contributed by atoms with Crippen LogP contribution in [0.1, 0.15) is 354 Å². The number of esters is 2. The van der Waals surface area contributed by atoms with Gasteiger partial charge in [-0.2, -0.15) is 0 Å². The lowest BCUT2D eigenvalue weighted by Gasteiger charge is -2.27. The monoisotopic (exact) mass is 1000 g/mol. The van der Waals surface area contributed by atoms with Crippen molar-refractivity contribution in [2.75, 3.05) is 26.4 Å². The number of aliphatic hydroxyl groups is 2. The van der Waals surface area contributed by atoms with Crippen LogP contribution in [0.25, 0.3) is 0 Å². The fourth-order valence-electron chi connectivity index (χ4n) is 10.8. The van der Waals surface area contributed by atoms with Crippen LogP contribution in [0.2, 0.25) is 0 Å². The molecule has 0 radical (unpaired) electrons. The van der Waals surface area contributed by atoms with Crippen LogP contribution in [0, 0.1) is 11.3 Å². The molecule has 0 amide bonds. The summed E-state index contributed by atoms with van der Waals surface area (Å²) in [6.07, 6.45) is 78.7. The van der Waals surface area contributed by atoms with E-state index in [-0.39, 0.29) is 19.6 Å². The van der Waals surface area contributed by atoms with Gasteiger partial charge in [0.15, 0.2) is 0 Å². The molecule has 1 atom stereocenters. The minimum atomic E-state index is -1.12. The Morgan fingerprint density at radius 1 is 0.366 bits per heavy atom. The molecule has 0 aliphatic carbocycles. The number of carbonyl (C=O) groups excluding carboxylic acids is 2. The summed E-state index contributed by atoms with van der Waals surface area (Å²) in [7, 11) is 0. The number of unbranched alkanes of at least 4 members (excludes halogenated alkanes) is 50. The molecule has 6 nitrogen and oxygen atoms in total. The Kier molecular flexibility index (Phi) is 52.2. The van der Waals surface area contributed by atoms with E-state index in [0.29, 0.717) is 6.42 Å². The second-order valence-electron chi connectivity index (χ2n) is 23.1. The first kappa shape index (κ1) is 67.6. The van der Waals surface area contributed by atoms with Gasteiger partial charge in [0.2, 0.25) is 0 Å². The number of hydrogen-bond donors (Lipinski definition) is 2. The largest absolute Gasteiger partial charge is 0.465 e. The Hall–Kier alpha value is -1.40. The topological polar surface area (TPSA) is 93.1 Å². The lowest BCUT2D eigenvalue weighted by Crippen LogP contribution is -2.40. The van der Waals surface area contributed by atoms with Gasteiger partial charge in [0.05, 0.1) is 31.0 Å². The number of aliphatic hydroxyl groups excluding tert-OH is 2. The van der Waals surface area contributed by atoms with Crippen molar-refractivity contribution in [3.05, 3.63) is 12.2 Å². The van der Waals surface area contributed by atoms with Crippen molar-refractivity contribution in [2.45, 2.75) is 354 Å². The van der Waals surface area contributed by atoms with Gasteiger partial charge in [-0.15, -0.1) is 0 Å². The van der Waals surface area contributed by atoms with Crippen LogP contribution in [-0.4, -0.2) is 48.6 Å². The van der Waals surface area contributed by atoms with E-state index in [1.807, 2.05) is 0 Å². The molecule has 1 heterocycles. The van der Waals surface area contributed by atoms with Gasteiger partial charge in [0, 0.05) is 0 Å². The van der Waals surface area contributed by atoms with Crippen LogP contribution >= 0.6 is 0 Å². The van der Waals surface area contributed by atoms with E-state index in [1.165, 1.54) is 315 Å². The molecule has 1 unspecified atom stereocenters. The van der Waals surface area contributed by atoms with E-state index in [0.717, 1.165) is 19.3 Å². The molecule has 420 valence electrons. The van der Waals surface area contributed by atoms with Gasteiger partial charge >= 0.3 is 11.9 Å². The van der Waals surface area contributed by atoms with Gasteiger partial charge in [-0.1, -0.05) is 327 Å². The molecular formula is C65H124O6. The lowest BCUT2D eigenvalue weighted by atomic mass is 9.92. The first-order valence-corrected chi connectivity index (χ1v) is 32.3. The predicted molar refractivity (Wildman–Crippen MR) is 306 cm³/mol. The molecule has 0 aromatic rings. The number of allylic oxidation sites excluding steroid dienone is 2. The van der Waals surface area contributed by atoms with E-state index in [1.54, 1.807) is 0 Å². The maximum atomic E-state index is 12.5. The van der Waals surface area contributed by atoms with E-state index in [4.69, 9.17) is 9.47 Å². The Morgan fingerprint density at radius 3 is 0.873 bits per heavy atom. The summed E-state index contributed by atoms with van der Waals surface area (Å²) >= 11 is 0. The molecule has 1 fully saturated rings. The fraction of sp³-hybridized carbons (Fsp3) is 0.938. The van der Waals surface area contributed by atoms with Crippen LogP contribution in [0.3, 0.4) is 0 Å². The zero-order valence-corrected chi connectivity index (χ0v) is 47.8. The molecule has 71 heavy (non-hydrogen) atoms. The Labute approximate surface area is 443 Å². The highest BCUT2D eigenvalue weighted by Crippen LogP contribution is 2.25. The highest BCUT2D eigenvalue weighted by Gasteiger charge is 2.36. The Balaban J connectivity index is 1.67. The number of ether oxygens (including phenoxy) is 2. The summed E-state index contributed by atoms with van der Waals surface area (Å²) in [4.78, 5) is 24.7. The van der Waals surface area contributed by atoms with Crippen LogP contribution in [0.5, 0.6) is 0 Å². The number of hydrogen-bond acceptors (Lipinski definition) is 6. The minimum Gasteiger partial charge on any atom is -0.465 e. The summed E-state index contributed by atoms with van der Waals surface area (Å²) < 4.78 is 10.6.